The van der Waals surface area contributed by atoms with E-state index in [9.17, 15) is 18.0 Å². The molecule has 0 aliphatic heterocycles. The van der Waals surface area contributed by atoms with E-state index in [1.165, 1.54) is 6.07 Å². The molecule has 1 aliphatic rings. The van der Waals surface area contributed by atoms with Crippen LogP contribution in [0.2, 0.25) is 5.02 Å². The Morgan fingerprint density at radius 1 is 1.14 bits per heavy atom. The van der Waals surface area contributed by atoms with E-state index in [0.29, 0.717) is 11.0 Å². The Labute approximate surface area is 161 Å². The summed E-state index contributed by atoms with van der Waals surface area (Å²) in [7, 11) is 0. The third-order valence-corrected chi connectivity index (χ3v) is 5.42. The van der Waals surface area contributed by atoms with Gasteiger partial charge in [-0.3, -0.25) is 9.89 Å². The second-order valence-corrected chi connectivity index (χ2v) is 7.40. The fourth-order valence-corrected chi connectivity index (χ4v) is 3.82. The Balaban J connectivity index is 1.83. The van der Waals surface area contributed by atoms with Crippen LogP contribution in [0.25, 0.3) is 27.5 Å². The highest BCUT2D eigenvalue weighted by atomic mass is 35.5. The van der Waals surface area contributed by atoms with Crippen LogP contribution in [0.1, 0.15) is 24.4 Å². The van der Waals surface area contributed by atoms with Gasteiger partial charge in [0.15, 0.2) is 12.2 Å². The van der Waals surface area contributed by atoms with Crippen LogP contribution in [0.5, 0.6) is 0 Å². The fraction of sp³-hybridized carbons (Fsp3) is 0.200. The van der Waals surface area contributed by atoms with Gasteiger partial charge in [0.05, 0.1) is 16.3 Å². The van der Waals surface area contributed by atoms with Crippen molar-refractivity contribution < 1.29 is 17.7 Å². The molecule has 0 saturated heterocycles. The van der Waals surface area contributed by atoms with Crippen molar-refractivity contribution in [3.8, 4) is 5.69 Å². The van der Waals surface area contributed by atoms with Crippen LogP contribution in [-0.4, -0.2) is 9.78 Å². The van der Waals surface area contributed by atoms with Gasteiger partial charge in [-0.1, -0.05) is 29.8 Å². The summed E-state index contributed by atoms with van der Waals surface area (Å²) in [4.78, 5) is 13.2. The lowest BCUT2D eigenvalue weighted by Gasteiger charge is -2.10. The molecule has 8 heteroatoms. The van der Waals surface area contributed by atoms with Gasteiger partial charge < -0.3 is 0 Å². The molecule has 0 atom stereocenters. The lowest BCUT2D eigenvalue weighted by Crippen LogP contribution is -2.36. The van der Waals surface area contributed by atoms with Crippen molar-refractivity contribution in [3.05, 3.63) is 69.6 Å². The Hall–Kier alpha value is -2.80. The lowest BCUT2D eigenvalue weighted by molar-refractivity contribution is -0.674. The zero-order valence-corrected chi connectivity index (χ0v) is 15.2. The first-order valence-corrected chi connectivity index (χ1v) is 9.17. The summed E-state index contributed by atoms with van der Waals surface area (Å²) in [5.41, 5.74) is -0.201. The van der Waals surface area contributed by atoms with E-state index in [0.717, 1.165) is 40.4 Å². The maximum atomic E-state index is 13.2. The zero-order valence-electron chi connectivity index (χ0n) is 14.4. The molecule has 0 radical (unpaired) electrons. The second kappa shape index (κ2) is 5.85. The number of pyridine rings is 1. The minimum Gasteiger partial charge on any atom is -0.284 e. The zero-order chi connectivity index (χ0) is 19.6. The predicted octanol–water partition coefficient (Wildman–Crippen LogP) is 4.77. The second-order valence-electron chi connectivity index (χ2n) is 6.99. The normalized spacial score (nSPS) is 14.9. The Bertz CT molecular complexity index is 1300. The van der Waals surface area contributed by atoms with E-state index in [2.05, 4.69) is 5.10 Å². The first kappa shape index (κ1) is 17.3. The maximum Gasteiger partial charge on any atom is 0.417 e. The smallest absolute Gasteiger partial charge is 0.284 e. The van der Waals surface area contributed by atoms with Crippen molar-refractivity contribution in [3.63, 3.8) is 0 Å². The van der Waals surface area contributed by atoms with Crippen molar-refractivity contribution in [2.24, 2.45) is 0 Å². The highest BCUT2D eigenvalue weighted by molar-refractivity contribution is 6.31. The number of H-pyrrole nitrogens is 1. The van der Waals surface area contributed by atoms with E-state index in [-0.39, 0.29) is 17.3 Å². The summed E-state index contributed by atoms with van der Waals surface area (Å²) in [5.74, 6) is 0. The standard InChI is InChI=1S/C20H13ClF3N3O/c21-16-8-7-13(9-15(16)20(22,23)24)27-19(28)18-17(25-27)14-4-2-1-3-11(14)10-26(18)12-5-6-12/h1-4,7-10,12H,5-6H2/p+1. The monoisotopic (exact) mass is 404 g/mol. The highest BCUT2D eigenvalue weighted by Crippen LogP contribution is 2.36. The average molecular weight is 405 g/mol. The Kier molecular flexibility index (Phi) is 3.61. The molecule has 4 nitrogen and oxygen atoms in total. The molecule has 0 unspecified atom stereocenters. The molecule has 142 valence electrons. The summed E-state index contributed by atoms with van der Waals surface area (Å²) in [6.45, 7) is 0. The summed E-state index contributed by atoms with van der Waals surface area (Å²) >= 11 is 5.72. The molecule has 2 aromatic heterocycles. The van der Waals surface area contributed by atoms with Crippen LogP contribution in [0.15, 0.2) is 53.5 Å². The number of rotatable bonds is 2. The van der Waals surface area contributed by atoms with Gasteiger partial charge in [-0.2, -0.15) is 17.7 Å². The number of halogens is 4. The van der Waals surface area contributed by atoms with Crippen molar-refractivity contribution in [2.45, 2.75) is 25.1 Å². The maximum absolute atomic E-state index is 13.2. The highest BCUT2D eigenvalue weighted by Gasteiger charge is 2.37. The van der Waals surface area contributed by atoms with Crippen LogP contribution in [0.3, 0.4) is 0 Å². The number of hydrogen-bond donors (Lipinski definition) is 1. The molecule has 1 N–H and O–H groups in total. The quantitative estimate of drug-likeness (QED) is 0.480. The third-order valence-electron chi connectivity index (χ3n) is 5.09. The summed E-state index contributed by atoms with van der Waals surface area (Å²) in [6.07, 6.45) is -0.717. The van der Waals surface area contributed by atoms with Crippen molar-refractivity contribution in [1.82, 2.24) is 9.78 Å². The summed E-state index contributed by atoms with van der Waals surface area (Å²) < 4.78 is 42.8. The number of aromatic nitrogens is 3. The largest absolute Gasteiger partial charge is 0.417 e. The number of alkyl halides is 3. The number of nitrogens with one attached hydrogen (secondary N) is 1. The number of aromatic amines is 1. The Morgan fingerprint density at radius 2 is 1.89 bits per heavy atom. The first-order chi connectivity index (χ1) is 13.3. The van der Waals surface area contributed by atoms with E-state index in [1.54, 1.807) is 0 Å². The number of benzene rings is 2. The molecule has 0 amide bonds. The van der Waals surface area contributed by atoms with Crippen LogP contribution in [0.4, 0.5) is 13.2 Å². The molecular formula is C20H14ClF3N3O+. The molecule has 0 bridgehead atoms. The molecule has 2 aromatic carbocycles. The van der Waals surface area contributed by atoms with E-state index >= 15 is 0 Å². The van der Waals surface area contributed by atoms with Crippen LogP contribution < -0.4 is 10.1 Å². The average Bonchev–Trinajstić information content (AvgIpc) is 3.44. The first-order valence-electron chi connectivity index (χ1n) is 8.79. The topological polar surface area (TPSA) is 41.7 Å². The fourth-order valence-electron chi connectivity index (χ4n) is 3.60. The van der Waals surface area contributed by atoms with Crippen LogP contribution >= 0.6 is 11.6 Å². The molecule has 0 spiro atoms. The van der Waals surface area contributed by atoms with Gasteiger partial charge in [0.25, 0.3) is 5.52 Å². The van der Waals surface area contributed by atoms with Crippen molar-refractivity contribution in [1.29, 1.82) is 0 Å². The minimum atomic E-state index is -4.61. The van der Waals surface area contributed by atoms with Crippen molar-refractivity contribution >= 4 is 33.4 Å². The predicted molar refractivity (Wildman–Crippen MR) is 99.9 cm³/mol. The third kappa shape index (κ3) is 2.61. The van der Waals surface area contributed by atoms with Crippen LogP contribution in [0, 0.1) is 0 Å². The lowest BCUT2D eigenvalue weighted by atomic mass is 10.1. The molecule has 1 saturated carbocycles. The van der Waals surface area contributed by atoms with E-state index in [1.807, 2.05) is 35.0 Å². The van der Waals surface area contributed by atoms with E-state index < -0.39 is 16.8 Å². The van der Waals surface area contributed by atoms with Gasteiger partial charge in [0, 0.05) is 23.6 Å². The van der Waals surface area contributed by atoms with E-state index in [4.69, 9.17) is 11.6 Å². The number of hydrogen-bond acceptors (Lipinski definition) is 1. The van der Waals surface area contributed by atoms with Gasteiger partial charge in [-0.25, -0.2) is 4.68 Å². The molecule has 4 aromatic rings. The Morgan fingerprint density at radius 3 is 2.61 bits per heavy atom. The molecular weight excluding hydrogens is 391 g/mol. The van der Waals surface area contributed by atoms with Crippen LogP contribution in [-0.2, 0) is 6.18 Å². The minimum absolute atomic E-state index is 0.0874. The van der Waals surface area contributed by atoms with Gasteiger partial charge >= 0.3 is 11.7 Å². The molecule has 5 rings (SSSR count). The number of nitrogens with zero attached hydrogens (tertiary/aromatic N) is 2. The van der Waals surface area contributed by atoms with Gasteiger partial charge in [-0.05, 0) is 24.3 Å². The molecule has 28 heavy (non-hydrogen) atoms. The summed E-state index contributed by atoms with van der Waals surface area (Å²) in [6, 6.07) is 11.3. The molecule has 2 heterocycles. The van der Waals surface area contributed by atoms with Gasteiger partial charge in [0.1, 0.15) is 5.52 Å². The number of fused-ring (bicyclic) bond motifs is 3. The molecule has 1 fully saturated rings. The summed E-state index contributed by atoms with van der Waals surface area (Å²) in [5, 5.41) is 4.42. The molecule has 1 aliphatic carbocycles. The SMILES string of the molecule is O=c1c2c([nH]n1-c1ccc(Cl)c(C(F)(F)F)c1)c1ccccc1c[n+]2C1CC1. The van der Waals surface area contributed by atoms with Crippen molar-refractivity contribution in [2.75, 3.05) is 0 Å². The van der Waals surface area contributed by atoms with Gasteiger partial charge in [0.2, 0.25) is 0 Å². The van der Waals surface area contributed by atoms with Gasteiger partial charge in [-0.15, -0.1) is 0 Å².